The number of hydrogen-bond donors (Lipinski definition) is 2. The van der Waals surface area contributed by atoms with Crippen LogP contribution in [0.15, 0.2) is 43.0 Å². The average Bonchev–Trinajstić information content (AvgIpc) is 2.83. The van der Waals surface area contributed by atoms with Gasteiger partial charge in [-0.3, -0.25) is 19.3 Å². The number of esters is 1. The molecular weight excluding hydrogens is 478 g/mol. The lowest BCUT2D eigenvalue weighted by atomic mass is 9.78. The van der Waals surface area contributed by atoms with Crippen molar-refractivity contribution in [3.63, 3.8) is 0 Å². The highest BCUT2D eigenvalue weighted by Gasteiger charge is 2.55. The molecule has 1 aliphatic rings. The largest absolute Gasteiger partial charge is 0.454 e. The summed E-state index contributed by atoms with van der Waals surface area (Å²) in [6, 6.07) is -1.20. The molecule has 0 aromatic heterocycles. The van der Waals surface area contributed by atoms with Crippen molar-refractivity contribution in [2.24, 2.45) is 16.8 Å². The number of isocyanates is 1. The molecule has 1 fully saturated rings. The van der Waals surface area contributed by atoms with E-state index < -0.39 is 72.8 Å². The number of Topliss-reactive ketones (excluding diaryl/α,β-unsaturated/α-hetero) is 1. The molecule has 2 N–H and O–H groups in total. The number of alkyl carbamates (subject to hydrolysis) is 1. The normalized spacial score (nSPS) is 18.8. The highest BCUT2D eigenvalue weighted by atomic mass is 16.5. The van der Waals surface area contributed by atoms with Crippen LogP contribution in [0.5, 0.6) is 0 Å². The van der Waals surface area contributed by atoms with E-state index >= 15 is 0 Å². The molecule has 36 heavy (non-hydrogen) atoms. The molecule has 13 nitrogen and oxygen atoms in total. The van der Waals surface area contributed by atoms with Crippen LogP contribution in [0.1, 0.15) is 13.3 Å². The molecule has 1 saturated heterocycles. The number of carbonyl (C=O) groups is 5. The second-order valence-corrected chi connectivity index (χ2v) is 7.51. The van der Waals surface area contributed by atoms with E-state index in [1.165, 1.54) is 31.2 Å². The fourth-order valence-electron chi connectivity index (χ4n) is 3.43. The summed E-state index contributed by atoms with van der Waals surface area (Å²) in [4.78, 5) is 77.0. The summed E-state index contributed by atoms with van der Waals surface area (Å²) in [6.45, 7) is 10.6. The molecule has 0 saturated carbocycles. The summed E-state index contributed by atoms with van der Waals surface area (Å²) in [6.07, 6.45) is 1.07. The van der Waals surface area contributed by atoms with Gasteiger partial charge in [-0.25, -0.2) is 14.4 Å². The number of carbonyl (C=O) groups excluding carboxylic acids is 6. The Kier molecular flexibility index (Phi) is 12.7. The minimum absolute atomic E-state index is 0.105. The van der Waals surface area contributed by atoms with Gasteiger partial charge in [-0.15, -0.1) is 6.58 Å². The number of β-lactam (4-membered cyclic amide) rings is 1. The summed E-state index contributed by atoms with van der Waals surface area (Å²) in [7, 11) is 0. The second kappa shape index (κ2) is 15.1. The van der Waals surface area contributed by atoms with Crippen LogP contribution in [0.25, 0.3) is 0 Å². The molecular formula is C23H29N3O10. The molecule has 0 radical (unpaired) electrons. The number of aliphatic hydroxyl groups is 1. The van der Waals surface area contributed by atoms with Crippen molar-refractivity contribution < 1.29 is 48.1 Å². The number of ketones is 1. The Balaban J connectivity index is 3.18. The first-order chi connectivity index (χ1) is 17.1. The summed E-state index contributed by atoms with van der Waals surface area (Å²) in [5.74, 6) is -6.68. The Morgan fingerprint density at radius 2 is 1.75 bits per heavy atom. The van der Waals surface area contributed by atoms with Gasteiger partial charge in [0.05, 0.1) is 30.6 Å². The summed E-state index contributed by atoms with van der Waals surface area (Å²) < 4.78 is 14.8. The molecule has 0 spiro atoms. The van der Waals surface area contributed by atoms with E-state index in [-0.39, 0.29) is 19.8 Å². The molecule has 1 aliphatic heterocycles. The van der Waals surface area contributed by atoms with Crippen LogP contribution in [-0.2, 0) is 38.2 Å². The van der Waals surface area contributed by atoms with Crippen LogP contribution < -0.4 is 5.32 Å². The molecule has 13 heteroatoms. The van der Waals surface area contributed by atoms with E-state index in [4.69, 9.17) is 9.47 Å². The number of aliphatic hydroxyl groups excluding tert-OH is 1. The maximum atomic E-state index is 13.3. The van der Waals surface area contributed by atoms with Crippen LogP contribution >= 0.6 is 0 Å². The van der Waals surface area contributed by atoms with Crippen LogP contribution in [0, 0.1) is 11.8 Å². The van der Waals surface area contributed by atoms with Gasteiger partial charge >= 0.3 is 18.0 Å². The number of aliphatic imine (C=N–C) groups is 1. The van der Waals surface area contributed by atoms with Crippen LogP contribution in [-0.4, -0.2) is 90.5 Å². The summed E-state index contributed by atoms with van der Waals surface area (Å²) in [5.41, 5.74) is 0. The number of imide groups is 1. The molecule has 3 amide bonds. The molecule has 0 aromatic rings. The fraction of sp³-hybridized carbons (Fsp3) is 0.478. The van der Waals surface area contributed by atoms with Gasteiger partial charge in [0.1, 0.15) is 19.0 Å². The first-order valence-corrected chi connectivity index (χ1v) is 10.8. The quantitative estimate of drug-likeness (QED) is 0.0753. The third kappa shape index (κ3) is 8.08. The zero-order valence-electron chi connectivity index (χ0n) is 19.8. The van der Waals surface area contributed by atoms with Gasteiger partial charge < -0.3 is 24.6 Å². The molecule has 0 bridgehead atoms. The molecule has 0 aliphatic carbocycles. The average molecular weight is 507 g/mol. The Labute approximate surface area is 207 Å². The Morgan fingerprint density at radius 3 is 2.31 bits per heavy atom. The van der Waals surface area contributed by atoms with Gasteiger partial charge in [-0.2, -0.15) is 4.99 Å². The molecule has 196 valence electrons. The Morgan fingerprint density at radius 1 is 1.14 bits per heavy atom. The lowest BCUT2D eigenvalue weighted by molar-refractivity contribution is -0.180. The standard InChI is InChI=1S/C23H29N3O10/c1-5-8-34-19(25-13-27)15(12-24-23(33)36-10-7-3)17(29)11-16-18(14(4)28)20(30)26(16)21(31)22(32)35-9-6-2/h5-7,14-16,18-19,28H,1-3,8-12H2,4H3,(H,24,33)/t14-,15?,16-,18-,19?/m1/s1. The predicted octanol–water partition coefficient (Wildman–Crippen LogP) is -0.198. The summed E-state index contributed by atoms with van der Waals surface area (Å²) in [5, 5.41) is 12.4. The number of likely N-dealkylation sites (tertiary alicyclic amines) is 1. The van der Waals surface area contributed by atoms with Gasteiger partial charge in [0.15, 0.2) is 6.23 Å². The maximum Gasteiger partial charge on any atom is 0.407 e. The predicted molar refractivity (Wildman–Crippen MR) is 123 cm³/mol. The third-order valence-electron chi connectivity index (χ3n) is 5.05. The van der Waals surface area contributed by atoms with E-state index in [0.717, 1.165) is 0 Å². The van der Waals surface area contributed by atoms with E-state index in [1.807, 2.05) is 0 Å². The zero-order valence-corrected chi connectivity index (χ0v) is 19.8. The molecule has 2 unspecified atom stereocenters. The number of nitrogens with zero attached hydrogens (tertiary/aromatic N) is 2. The maximum absolute atomic E-state index is 13.3. The number of nitrogens with one attached hydrogen (secondary N) is 1. The van der Waals surface area contributed by atoms with Crippen molar-refractivity contribution in [2.75, 3.05) is 26.4 Å². The molecule has 5 atom stereocenters. The number of rotatable bonds is 15. The highest BCUT2D eigenvalue weighted by Crippen LogP contribution is 2.33. The lowest BCUT2D eigenvalue weighted by Gasteiger charge is -2.46. The number of hydrogen-bond acceptors (Lipinski definition) is 11. The van der Waals surface area contributed by atoms with Crippen LogP contribution in [0.2, 0.25) is 0 Å². The SMILES string of the molecule is C=CCOC(=O)NCC(C(=O)C[C@@H]1[C@@H]([C@@H](C)O)C(=O)N1C(=O)C(=O)OCC=C)C(N=C=O)OCC=C. The van der Waals surface area contributed by atoms with Gasteiger partial charge in [-0.1, -0.05) is 31.4 Å². The van der Waals surface area contributed by atoms with Gasteiger partial charge in [0.2, 0.25) is 12.0 Å². The minimum Gasteiger partial charge on any atom is -0.454 e. The molecule has 1 rings (SSSR count). The highest BCUT2D eigenvalue weighted by molar-refractivity contribution is 6.36. The molecule has 1 heterocycles. The topological polar surface area (TPSA) is 178 Å². The first-order valence-electron chi connectivity index (χ1n) is 10.8. The Hall–Kier alpha value is -3.93. The first kappa shape index (κ1) is 30.1. The fourth-order valence-corrected chi connectivity index (χ4v) is 3.43. The summed E-state index contributed by atoms with van der Waals surface area (Å²) >= 11 is 0. The number of amides is 3. The van der Waals surface area contributed by atoms with Crippen molar-refractivity contribution in [3.8, 4) is 0 Å². The van der Waals surface area contributed by atoms with Crippen LogP contribution in [0.3, 0.4) is 0 Å². The van der Waals surface area contributed by atoms with Gasteiger partial charge in [-0.05, 0) is 6.92 Å². The minimum atomic E-state index is -1.41. The van der Waals surface area contributed by atoms with Crippen molar-refractivity contribution in [1.29, 1.82) is 0 Å². The van der Waals surface area contributed by atoms with Crippen LogP contribution in [0.4, 0.5) is 4.79 Å². The molecule has 0 aromatic carbocycles. The monoisotopic (exact) mass is 507 g/mol. The van der Waals surface area contributed by atoms with E-state index in [0.29, 0.717) is 4.90 Å². The van der Waals surface area contributed by atoms with Gasteiger partial charge in [0.25, 0.3) is 0 Å². The van der Waals surface area contributed by atoms with Crippen molar-refractivity contribution in [3.05, 3.63) is 38.0 Å². The van der Waals surface area contributed by atoms with Crippen molar-refractivity contribution >= 4 is 35.7 Å². The lowest BCUT2D eigenvalue weighted by Crippen LogP contribution is -2.68. The number of ether oxygens (including phenoxy) is 3. The third-order valence-corrected chi connectivity index (χ3v) is 5.05. The van der Waals surface area contributed by atoms with E-state index in [9.17, 15) is 33.9 Å². The Bertz CT molecular complexity index is 925. The van der Waals surface area contributed by atoms with Gasteiger partial charge in [0, 0.05) is 13.0 Å². The second-order valence-electron chi connectivity index (χ2n) is 7.51. The van der Waals surface area contributed by atoms with Crippen molar-refractivity contribution in [2.45, 2.75) is 31.7 Å². The van der Waals surface area contributed by atoms with E-state index in [1.54, 1.807) is 0 Å². The van der Waals surface area contributed by atoms with Crippen molar-refractivity contribution in [1.82, 2.24) is 10.2 Å². The smallest absolute Gasteiger partial charge is 0.407 e. The van der Waals surface area contributed by atoms with E-state index in [2.05, 4.69) is 34.8 Å². The zero-order chi connectivity index (χ0) is 27.3.